The summed E-state index contributed by atoms with van der Waals surface area (Å²) in [5.41, 5.74) is 5.67. The lowest BCUT2D eigenvalue weighted by Crippen LogP contribution is -2.34. The Labute approximate surface area is 106 Å². The van der Waals surface area contributed by atoms with Crippen LogP contribution in [0.15, 0.2) is 0 Å². The number of anilines is 1. The van der Waals surface area contributed by atoms with E-state index in [-0.39, 0.29) is 17.9 Å². The quantitative estimate of drug-likeness (QED) is 0.813. The summed E-state index contributed by atoms with van der Waals surface area (Å²) in [5.74, 6) is -0.323. The normalized spacial score (nSPS) is 14.4. The summed E-state index contributed by atoms with van der Waals surface area (Å²) in [4.78, 5) is 11.7. The molecule has 3 N–H and O–H groups in total. The number of hydrogen-bond acceptors (Lipinski definition) is 5. The highest BCUT2D eigenvalue weighted by Gasteiger charge is 2.18. The molecule has 6 heteroatoms. The second-order valence-electron chi connectivity index (χ2n) is 4.24. The van der Waals surface area contributed by atoms with E-state index in [1.807, 2.05) is 6.92 Å². The lowest BCUT2D eigenvalue weighted by molar-refractivity contribution is -0.119. The molecule has 0 fully saturated rings. The molecule has 1 aromatic rings. The van der Waals surface area contributed by atoms with Gasteiger partial charge in [0.1, 0.15) is 5.01 Å². The summed E-state index contributed by atoms with van der Waals surface area (Å²) in [5, 5.41) is 12.3. The Balaban J connectivity index is 2.51. The monoisotopic (exact) mass is 256 g/mol. The Kier molecular flexibility index (Phi) is 5.50. The third-order valence-electron chi connectivity index (χ3n) is 2.64. The molecule has 1 heterocycles. The van der Waals surface area contributed by atoms with E-state index in [2.05, 4.69) is 22.4 Å². The molecule has 0 aliphatic heterocycles. The number of nitrogens with two attached hydrogens (primary N) is 1. The fourth-order valence-corrected chi connectivity index (χ4v) is 1.98. The molecule has 1 aromatic heterocycles. The third-order valence-corrected chi connectivity index (χ3v) is 3.54. The van der Waals surface area contributed by atoms with Crippen LogP contribution in [0.4, 0.5) is 5.13 Å². The van der Waals surface area contributed by atoms with Crippen LogP contribution in [0, 0.1) is 5.92 Å². The maximum atomic E-state index is 11.7. The van der Waals surface area contributed by atoms with E-state index >= 15 is 0 Å². The van der Waals surface area contributed by atoms with E-state index in [1.54, 1.807) is 6.92 Å². The Hall–Kier alpha value is -1.01. The van der Waals surface area contributed by atoms with Crippen molar-refractivity contribution in [2.24, 2.45) is 11.7 Å². The maximum Gasteiger partial charge on any atom is 0.230 e. The van der Waals surface area contributed by atoms with Gasteiger partial charge in [0.2, 0.25) is 11.0 Å². The van der Waals surface area contributed by atoms with Gasteiger partial charge in [0.25, 0.3) is 0 Å². The summed E-state index contributed by atoms with van der Waals surface area (Å²) < 4.78 is 0. The van der Waals surface area contributed by atoms with Gasteiger partial charge in [-0.05, 0) is 13.3 Å². The minimum atomic E-state index is -0.224. The van der Waals surface area contributed by atoms with Crippen LogP contribution < -0.4 is 11.1 Å². The number of unbranched alkanes of at least 4 members (excludes halogenated alkanes) is 1. The zero-order chi connectivity index (χ0) is 12.8. The molecule has 0 aromatic carbocycles. The first-order chi connectivity index (χ1) is 8.04. The van der Waals surface area contributed by atoms with Crippen LogP contribution in [0.3, 0.4) is 0 Å². The number of carbonyl (C=O) groups excluding carboxylic acids is 1. The lowest BCUT2D eigenvalue weighted by atomic mass is 10.0. The molecule has 0 saturated heterocycles. The van der Waals surface area contributed by atoms with Gasteiger partial charge in [0, 0.05) is 12.5 Å². The largest absolute Gasteiger partial charge is 0.327 e. The van der Waals surface area contributed by atoms with Gasteiger partial charge in [-0.2, -0.15) is 0 Å². The van der Waals surface area contributed by atoms with Crippen molar-refractivity contribution in [1.82, 2.24) is 10.2 Å². The highest BCUT2D eigenvalue weighted by molar-refractivity contribution is 7.15. The fraction of sp³-hybridized carbons (Fsp3) is 0.727. The van der Waals surface area contributed by atoms with Crippen molar-refractivity contribution < 1.29 is 4.79 Å². The molecule has 0 saturated carbocycles. The summed E-state index contributed by atoms with van der Waals surface area (Å²) in [6, 6.07) is -0.164. The highest BCUT2D eigenvalue weighted by Crippen LogP contribution is 2.18. The van der Waals surface area contributed by atoms with Crippen LogP contribution in [-0.4, -0.2) is 22.1 Å². The summed E-state index contributed by atoms with van der Waals surface area (Å²) in [6.45, 7) is 5.75. The molecule has 0 spiro atoms. The maximum absolute atomic E-state index is 11.7. The first-order valence-corrected chi connectivity index (χ1v) is 6.75. The summed E-state index contributed by atoms with van der Waals surface area (Å²) in [6.07, 6.45) is 3.15. The summed E-state index contributed by atoms with van der Waals surface area (Å²) in [7, 11) is 0. The zero-order valence-corrected chi connectivity index (χ0v) is 11.4. The van der Waals surface area contributed by atoms with E-state index in [1.165, 1.54) is 11.3 Å². The Bertz CT molecular complexity index is 364. The van der Waals surface area contributed by atoms with Gasteiger partial charge >= 0.3 is 0 Å². The molecule has 0 aliphatic rings. The van der Waals surface area contributed by atoms with Gasteiger partial charge in [-0.15, -0.1) is 10.2 Å². The van der Waals surface area contributed by atoms with Crippen molar-refractivity contribution in [3.8, 4) is 0 Å². The van der Waals surface area contributed by atoms with Gasteiger partial charge in [-0.25, -0.2) is 0 Å². The van der Waals surface area contributed by atoms with Crippen molar-refractivity contribution in [3.05, 3.63) is 5.01 Å². The van der Waals surface area contributed by atoms with Crippen LogP contribution in [-0.2, 0) is 11.2 Å². The highest BCUT2D eigenvalue weighted by atomic mass is 32.1. The topological polar surface area (TPSA) is 80.9 Å². The van der Waals surface area contributed by atoms with E-state index in [0.29, 0.717) is 5.13 Å². The lowest BCUT2D eigenvalue weighted by Gasteiger charge is -2.13. The van der Waals surface area contributed by atoms with Crippen LogP contribution in [0.2, 0.25) is 0 Å². The van der Waals surface area contributed by atoms with Crippen molar-refractivity contribution in [3.63, 3.8) is 0 Å². The van der Waals surface area contributed by atoms with Crippen LogP contribution in [0.1, 0.15) is 38.6 Å². The molecule has 17 heavy (non-hydrogen) atoms. The molecule has 96 valence electrons. The van der Waals surface area contributed by atoms with Crippen LogP contribution in [0.25, 0.3) is 0 Å². The molecule has 0 bridgehead atoms. The van der Waals surface area contributed by atoms with Crippen LogP contribution in [0.5, 0.6) is 0 Å². The molecule has 2 unspecified atom stereocenters. The van der Waals surface area contributed by atoms with E-state index in [9.17, 15) is 4.79 Å². The van der Waals surface area contributed by atoms with Crippen molar-refractivity contribution in [2.75, 3.05) is 5.32 Å². The van der Waals surface area contributed by atoms with Crippen molar-refractivity contribution in [2.45, 2.75) is 46.1 Å². The number of hydrogen-bond donors (Lipinski definition) is 2. The first-order valence-electron chi connectivity index (χ1n) is 5.93. The average molecular weight is 256 g/mol. The number of amides is 1. The molecule has 1 rings (SSSR count). The molecular formula is C11H20N4OS. The van der Waals surface area contributed by atoms with Gasteiger partial charge in [0.15, 0.2) is 0 Å². The van der Waals surface area contributed by atoms with Crippen molar-refractivity contribution >= 4 is 22.4 Å². The molecule has 5 nitrogen and oxygen atoms in total. The molecule has 2 atom stereocenters. The third kappa shape index (κ3) is 4.40. The molecule has 1 amide bonds. The minimum Gasteiger partial charge on any atom is -0.327 e. The predicted molar refractivity (Wildman–Crippen MR) is 70.0 cm³/mol. The van der Waals surface area contributed by atoms with E-state index in [4.69, 9.17) is 5.73 Å². The predicted octanol–water partition coefficient (Wildman–Crippen LogP) is 1.80. The smallest absolute Gasteiger partial charge is 0.230 e. The van der Waals surface area contributed by atoms with E-state index in [0.717, 1.165) is 24.3 Å². The number of aryl methyl sites for hydroxylation is 1. The standard InChI is InChI=1S/C11H20N4OS/c1-4-5-6-9-14-15-11(17-9)13-10(16)7(2)8(3)12/h7-8H,4-6,12H2,1-3H3,(H,13,15,16). The summed E-state index contributed by atoms with van der Waals surface area (Å²) >= 11 is 1.44. The average Bonchev–Trinajstić information content (AvgIpc) is 2.72. The zero-order valence-electron chi connectivity index (χ0n) is 10.6. The van der Waals surface area contributed by atoms with E-state index < -0.39 is 0 Å². The Morgan fingerprint density at radius 3 is 2.76 bits per heavy atom. The number of aromatic nitrogens is 2. The first kappa shape index (κ1) is 14.1. The van der Waals surface area contributed by atoms with Gasteiger partial charge in [-0.3, -0.25) is 4.79 Å². The second-order valence-corrected chi connectivity index (χ2v) is 5.30. The number of rotatable bonds is 6. The second kappa shape index (κ2) is 6.66. The minimum absolute atomic E-state index is 0.0989. The molecule has 0 aliphatic carbocycles. The van der Waals surface area contributed by atoms with Gasteiger partial charge in [-0.1, -0.05) is 31.6 Å². The molecular weight excluding hydrogens is 236 g/mol. The SMILES string of the molecule is CCCCc1nnc(NC(=O)C(C)C(C)N)s1. The van der Waals surface area contributed by atoms with Crippen molar-refractivity contribution in [1.29, 1.82) is 0 Å². The molecule has 0 radical (unpaired) electrons. The number of nitrogens with zero attached hydrogens (tertiary/aromatic N) is 2. The van der Waals surface area contributed by atoms with Crippen LogP contribution >= 0.6 is 11.3 Å². The Morgan fingerprint density at radius 2 is 2.18 bits per heavy atom. The Morgan fingerprint density at radius 1 is 1.47 bits per heavy atom. The van der Waals surface area contributed by atoms with Gasteiger partial charge in [0.05, 0.1) is 5.92 Å². The number of carbonyl (C=O) groups is 1. The number of nitrogens with one attached hydrogen (secondary N) is 1. The fourth-order valence-electron chi connectivity index (χ4n) is 1.19. The van der Waals surface area contributed by atoms with Gasteiger partial charge < -0.3 is 11.1 Å².